The van der Waals surface area contributed by atoms with Crippen LogP contribution in [0.4, 0.5) is 0 Å². The molecule has 2 aromatic rings. The maximum Gasteiger partial charge on any atom is 0.243 e. The summed E-state index contributed by atoms with van der Waals surface area (Å²) in [4.78, 5) is 30.1. The Bertz CT molecular complexity index is 824. The number of benzene rings is 1. The second kappa shape index (κ2) is 8.53. The van der Waals surface area contributed by atoms with Gasteiger partial charge in [0.1, 0.15) is 6.04 Å². The van der Waals surface area contributed by atoms with Crippen molar-refractivity contribution in [1.29, 1.82) is 0 Å². The van der Waals surface area contributed by atoms with Crippen LogP contribution in [0.2, 0.25) is 0 Å². The maximum absolute atomic E-state index is 12.5. The van der Waals surface area contributed by atoms with E-state index in [-0.39, 0.29) is 18.4 Å². The van der Waals surface area contributed by atoms with Crippen molar-refractivity contribution < 1.29 is 19.1 Å². The van der Waals surface area contributed by atoms with Crippen LogP contribution in [-0.2, 0) is 16.1 Å². The van der Waals surface area contributed by atoms with E-state index in [0.717, 1.165) is 12.0 Å². The monoisotopic (exact) mass is 369 g/mol. The molecule has 0 radical (unpaired) electrons. The van der Waals surface area contributed by atoms with Crippen molar-refractivity contribution in [3.8, 4) is 17.4 Å². The molecule has 142 valence electrons. The Kier molecular flexibility index (Phi) is 5.90. The largest absolute Gasteiger partial charge is 0.493 e. The lowest BCUT2D eigenvalue weighted by molar-refractivity contribution is -0.136. The first-order chi connectivity index (χ1) is 13.1. The molecule has 2 heterocycles. The first-order valence-corrected chi connectivity index (χ1v) is 8.90. The fourth-order valence-corrected chi connectivity index (χ4v) is 3.17. The number of pyridine rings is 1. The van der Waals surface area contributed by atoms with Crippen molar-refractivity contribution >= 4 is 11.8 Å². The minimum Gasteiger partial charge on any atom is -0.493 e. The molecule has 27 heavy (non-hydrogen) atoms. The van der Waals surface area contributed by atoms with E-state index >= 15 is 0 Å². The number of nitrogens with one attached hydrogen (secondary N) is 1. The van der Waals surface area contributed by atoms with Gasteiger partial charge in [-0.2, -0.15) is 0 Å². The topological polar surface area (TPSA) is 80.8 Å². The van der Waals surface area contributed by atoms with Gasteiger partial charge in [-0.3, -0.25) is 9.59 Å². The SMILES string of the molecule is COc1ccccc1Oc1ncccc1CNC(=O)[C@H]1CCCN1C(C)=O. The maximum atomic E-state index is 12.5. The van der Waals surface area contributed by atoms with Crippen LogP contribution in [0.15, 0.2) is 42.6 Å². The first kappa shape index (κ1) is 18.7. The van der Waals surface area contributed by atoms with Crippen LogP contribution in [-0.4, -0.2) is 41.4 Å². The molecule has 1 aliphatic rings. The summed E-state index contributed by atoms with van der Waals surface area (Å²) in [7, 11) is 1.57. The Morgan fingerprint density at radius 3 is 2.74 bits per heavy atom. The highest BCUT2D eigenvalue weighted by molar-refractivity contribution is 5.87. The summed E-state index contributed by atoms with van der Waals surface area (Å²) in [6.45, 7) is 2.38. The third kappa shape index (κ3) is 4.36. The first-order valence-electron chi connectivity index (χ1n) is 8.90. The van der Waals surface area contributed by atoms with Crippen LogP contribution in [0.5, 0.6) is 17.4 Å². The lowest BCUT2D eigenvalue weighted by Gasteiger charge is -2.22. The Balaban J connectivity index is 1.69. The highest BCUT2D eigenvalue weighted by atomic mass is 16.5. The Labute approximate surface area is 158 Å². The zero-order chi connectivity index (χ0) is 19.2. The van der Waals surface area contributed by atoms with E-state index in [0.29, 0.717) is 30.3 Å². The number of aromatic nitrogens is 1. The quantitative estimate of drug-likeness (QED) is 0.846. The van der Waals surface area contributed by atoms with Crippen LogP contribution in [0, 0.1) is 0 Å². The van der Waals surface area contributed by atoms with Crippen LogP contribution in [0.25, 0.3) is 0 Å². The third-order valence-electron chi connectivity index (χ3n) is 4.54. The molecular weight excluding hydrogens is 346 g/mol. The molecule has 1 aromatic carbocycles. The lowest BCUT2D eigenvalue weighted by Crippen LogP contribution is -2.44. The molecule has 0 unspecified atom stereocenters. The van der Waals surface area contributed by atoms with Gasteiger partial charge in [0.05, 0.1) is 7.11 Å². The molecule has 7 heteroatoms. The number of hydrogen-bond donors (Lipinski definition) is 1. The molecule has 1 fully saturated rings. The van der Waals surface area contributed by atoms with Crippen molar-refractivity contribution in [1.82, 2.24) is 15.2 Å². The average molecular weight is 369 g/mol. The molecule has 3 rings (SSSR count). The molecule has 1 N–H and O–H groups in total. The summed E-state index contributed by atoms with van der Waals surface area (Å²) in [5.74, 6) is 1.31. The molecule has 1 atom stereocenters. The van der Waals surface area contributed by atoms with Gasteiger partial charge >= 0.3 is 0 Å². The fraction of sp³-hybridized carbons (Fsp3) is 0.350. The third-order valence-corrected chi connectivity index (χ3v) is 4.54. The molecule has 0 spiro atoms. The summed E-state index contributed by atoms with van der Waals surface area (Å²) < 4.78 is 11.2. The molecule has 1 saturated heterocycles. The van der Waals surface area contributed by atoms with Crippen molar-refractivity contribution in [2.45, 2.75) is 32.4 Å². The number of nitrogens with zero attached hydrogens (tertiary/aromatic N) is 2. The van der Waals surface area contributed by atoms with Crippen molar-refractivity contribution in [3.63, 3.8) is 0 Å². The lowest BCUT2D eigenvalue weighted by atomic mass is 10.2. The highest BCUT2D eigenvalue weighted by Crippen LogP contribution is 2.31. The minimum atomic E-state index is -0.405. The predicted molar refractivity (Wildman–Crippen MR) is 99.6 cm³/mol. The number of methoxy groups -OCH3 is 1. The number of rotatable bonds is 6. The van der Waals surface area contributed by atoms with Crippen molar-refractivity contribution in [3.05, 3.63) is 48.2 Å². The fourth-order valence-electron chi connectivity index (χ4n) is 3.17. The molecular formula is C20H23N3O4. The molecule has 1 aliphatic heterocycles. The van der Waals surface area contributed by atoms with E-state index in [2.05, 4.69) is 10.3 Å². The van der Waals surface area contributed by atoms with Gasteiger partial charge < -0.3 is 19.7 Å². The standard InChI is InChI=1S/C20H23N3O4/c1-14(24)23-12-6-8-16(23)19(25)22-13-15-7-5-11-21-20(15)27-18-10-4-3-9-17(18)26-2/h3-5,7,9-11,16H,6,8,12-13H2,1-2H3,(H,22,25)/t16-/m1/s1. The van der Waals surface area contributed by atoms with Gasteiger partial charge in [0.2, 0.25) is 17.7 Å². The number of hydrogen-bond acceptors (Lipinski definition) is 5. The molecule has 0 aliphatic carbocycles. The number of carbonyl (C=O) groups excluding carboxylic acids is 2. The van der Waals surface area contributed by atoms with Gasteiger partial charge in [-0.15, -0.1) is 0 Å². The van der Waals surface area contributed by atoms with Crippen molar-refractivity contribution in [2.24, 2.45) is 0 Å². The number of para-hydroxylation sites is 2. The van der Waals surface area contributed by atoms with E-state index in [9.17, 15) is 9.59 Å². The van der Waals surface area contributed by atoms with Gasteiger partial charge in [0.15, 0.2) is 11.5 Å². The summed E-state index contributed by atoms with van der Waals surface area (Å²) >= 11 is 0. The van der Waals surface area contributed by atoms with Crippen LogP contribution in [0.1, 0.15) is 25.3 Å². The summed E-state index contributed by atoms with van der Waals surface area (Å²) in [5.41, 5.74) is 0.740. The van der Waals surface area contributed by atoms with Gasteiger partial charge in [0, 0.05) is 31.8 Å². The molecule has 1 aromatic heterocycles. The summed E-state index contributed by atoms with van der Waals surface area (Å²) in [5, 5.41) is 2.90. The Morgan fingerprint density at radius 1 is 1.22 bits per heavy atom. The minimum absolute atomic E-state index is 0.0748. The molecule has 0 bridgehead atoms. The zero-order valence-corrected chi connectivity index (χ0v) is 15.5. The van der Waals surface area contributed by atoms with E-state index < -0.39 is 6.04 Å². The van der Waals surface area contributed by atoms with Crippen LogP contribution in [0.3, 0.4) is 0 Å². The van der Waals surface area contributed by atoms with E-state index in [4.69, 9.17) is 9.47 Å². The normalized spacial score (nSPS) is 16.1. The van der Waals surface area contributed by atoms with Gasteiger partial charge in [0.25, 0.3) is 0 Å². The predicted octanol–water partition coefficient (Wildman–Crippen LogP) is 2.51. The highest BCUT2D eigenvalue weighted by Gasteiger charge is 2.32. The van der Waals surface area contributed by atoms with Crippen molar-refractivity contribution in [2.75, 3.05) is 13.7 Å². The van der Waals surface area contributed by atoms with Gasteiger partial charge in [-0.25, -0.2) is 4.98 Å². The zero-order valence-electron chi connectivity index (χ0n) is 15.5. The van der Waals surface area contributed by atoms with E-state index in [1.54, 1.807) is 36.4 Å². The van der Waals surface area contributed by atoms with Gasteiger partial charge in [-0.05, 0) is 31.0 Å². The number of carbonyl (C=O) groups is 2. The Hall–Kier alpha value is -3.09. The summed E-state index contributed by atoms with van der Waals surface area (Å²) in [6, 6.07) is 10.5. The van der Waals surface area contributed by atoms with Crippen LogP contribution >= 0.6 is 0 Å². The second-order valence-electron chi connectivity index (χ2n) is 6.31. The molecule has 7 nitrogen and oxygen atoms in total. The molecule has 0 saturated carbocycles. The smallest absolute Gasteiger partial charge is 0.243 e. The molecule has 2 amide bonds. The number of amides is 2. The van der Waals surface area contributed by atoms with Crippen LogP contribution < -0.4 is 14.8 Å². The Morgan fingerprint density at radius 2 is 2.00 bits per heavy atom. The van der Waals surface area contributed by atoms with E-state index in [1.807, 2.05) is 18.2 Å². The average Bonchev–Trinajstić information content (AvgIpc) is 3.18. The second-order valence-corrected chi connectivity index (χ2v) is 6.31. The van der Waals surface area contributed by atoms with E-state index in [1.165, 1.54) is 6.92 Å². The number of likely N-dealkylation sites (tertiary alicyclic amines) is 1. The summed E-state index contributed by atoms with van der Waals surface area (Å²) in [6.07, 6.45) is 3.15. The number of ether oxygens (including phenoxy) is 2. The van der Waals surface area contributed by atoms with Gasteiger partial charge in [-0.1, -0.05) is 18.2 Å².